The molecule has 3 aromatic rings. The summed E-state index contributed by atoms with van der Waals surface area (Å²) >= 11 is 1.23. The van der Waals surface area contributed by atoms with Crippen molar-refractivity contribution in [1.29, 1.82) is 0 Å². The lowest BCUT2D eigenvalue weighted by atomic mass is 10.1. The van der Waals surface area contributed by atoms with Crippen molar-refractivity contribution in [2.75, 3.05) is 16.4 Å². The number of nitrogens with one attached hydrogen (secondary N) is 2. The van der Waals surface area contributed by atoms with Crippen LogP contribution in [0.5, 0.6) is 0 Å². The Bertz CT molecular complexity index is 1200. The van der Waals surface area contributed by atoms with Crippen LogP contribution in [0.1, 0.15) is 31.1 Å². The van der Waals surface area contributed by atoms with Gasteiger partial charge in [-0.3, -0.25) is 14.4 Å². The van der Waals surface area contributed by atoms with E-state index < -0.39 is 17.8 Å². The highest BCUT2D eigenvalue weighted by Crippen LogP contribution is 2.23. The quantitative estimate of drug-likeness (QED) is 0.389. The number of aromatic carboxylic acids is 1. The van der Waals surface area contributed by atoms with Crippen LogP contribution in [0.2, 0.25) is 0 Å². The summed E-state index contributed by atoms with van der Waals surface area (Å²) in [5.74, 6) is -2.64. The van der Waals surface area contributed by atoms with Crippen molar-refractivity contribution >= 4 is 46.8 Å². The number of rotatable bonds is 8. The average molecular weight is 449 g/mol. The lowest BCUT2D eigenvalue weighted by Gasteiger charge is -2.10. The Morgan fingerprint density at radius 2 is 1.47 bits per heavy atom. The first-order valence-corrected chi connectivity index (χ1v) is 10.4. The number of nitrogens with two attached hydrogens (primary N) is 1. The SMILES string of the molecule is NC(=O)c1ccccc1NC(=O)CSc1cccc(NC(=O)c2ccccc2C(=O)O)c1. The second kappa shape index (κ2) is 10.3. The Kier molecular flexibility index (Phi) is 7.25. The molecule has 0 aliphatic heterocycles. The number of primary amides is 1. The number of hydrogen-bond donors (Lipinski definition) is 4. The molecule has 0 heterocycles. The number of para-hydroxylation sites is 1. The van der Waals surface area contributed by atoms with Crippen LogP contribution in [0, 0.1) is 0 Å². The van der Waals surface area contributed by atoms with Gasteiger partial charge in [0.1, 0.15) is 0 Å². The van der Waals surface area contributed by atoms with Crippen LogP contribution in [0.3, 0.4) is 0 Å². The number of thioether (sulfide) groups is 1. The molecule has 3 aromatic carbocycles. The van der Waals surface area contributed by atoms with Crippen molar-refractivity contribution in [3.63, 3.8) is 0 Å². The average Bonchev–Trinajstić information content (AvgIpc) is 2.78. The van der Waals surface area contributed by atoms with E-state index in [9.17, 15) is 24.3 Å². The molecule has 0 bridgehead atoms. The molecular weight excluding hydrogens is 430 g/mol. The summed E-state index contributed by atoms with van der Waals surface area (Å²) in [5.41, 5.74) is 6.28. The summed E-state index contributed by atoms with van der Waals surface area (Å²) in [5, 5.41) is 14.6. The zero-order chi connectivity index (χ0) is 23.1. The van der Waals surface area contributed by atoms with Gasteiger partial charge in [-0.2, -0.15) is 0 Å². The predicted molar refractivity (Wildman–Crippen MR) is 122 cm³/mol. The lowest BCUT2D eigenvalue weighted by molar-refractivity contribution is -0.113. The first-order valence-electron chi connectivity index (χ1n) is 9.40. The third kappa shape index (κ3) is 5.73. The van der Waals surface area contributed by atoms with E-state index in [2.05, 4.69) is 10.6 Å². The Labute approximate surface area is 187 Å². The van der Waals surface area contributed by atoms with Crippen molar-refractivity contribution in [2.45, 2.75) is 4.90 Å². The van der Waals surface area contributed by atoms with Gasteiger partial charge in [0.25, 0.3) is 11.8 Å². The van der Waals surface area contributed by atoms with Crippen LogP contribution in [0.15, 0.2) is 77.7 Å². The highest BCUT2D eigenvalue weighted by atomic mass is 32.2. The second-order valence-electron chi connectivity index (χ2n) is 6.58. The maximum atomic E-state index is 12.5. The largest absolute Gasteiger partial charge is 0.478 e. The summed E-state index contributed by atoms with van der Waals surface area (Å²) in [6, 6.07) is 19.2. The maximum absolute atomic E-state index is 12.5. The van der Waals surface area contributed by atoms with E-state index >= 15 is 0 Å². The van der Waals surface area contributed by atoms with Crippen LogP contribution in [0.25, 0.3) is 0 Å². The summed E-state index contributed by atoms with van der Waals surface area (Å²) in [6.07, 6.45) is 0. The van der Waals surface area contributed by atoms with Crippen LogP contribution in [-0.4, -0.2) is 34.6 Å². The molecule has 8 nitrogen and oxygen atoms in total. The summed E-state index contributed by atoms with van der Waals surface area (Å²) in [4.78, 5) is 48.3. The topological polar surface area (TPSA) is 139 Å². The number of carbonyl (C=O) groups excluding carboxylic acids is 3. The zero-order valence-corrected chi connectivity index (χ0v) is 17.5. The number of hydrogen-bond acceptors (Lipinski definition) is 5. The molecule has 0 radical (unpaired) electrons. The molecular formula is C23H19N3O5S. The first-order chi connectivity index (χ1) is 15.3. The smallest absolute Gasteiger partial charge is 0.336 e. The molecule has 0 aliphatic rings. The molecule has 3 rings (SSSR count). The van der Waals surface area contributed by atoms with Crippen LogP contribution < -0.4 is 16.4 Å². The van der Waals surface area contributed by atoms with Crippen molar-refractivity contribution in [3.05, 3.63) is 89.5 Å². The van der Waals surface area contributed by atoms with E-state index in [1.807, 2.05) is 0 Å². The molecule has 9 heteroatoms. The fraction of sp³-hybridized carbons (Fsp3) is 0.0435. The van der Waals surface area contributed by atoms with Gasteiger partial charge in [-0.1, -0.05) is 30.3 Å². The minimum atomic E-state index is -1.19. The molecule has 0 fully saturated rings. The highest BCUT2D eigenvalue weighted by molar-refractivity contribution is 8.00. The van der Waals surface area contributed by atoms with Gasteiger partial charge in [0.15, 0.2) is 0 Å². The molecule has 0 saturated carbocycles. The van der Waals surface area contributed by atoms with Gasteiger partial charge in [-0.25, -0.2) is 4.79 Å². The van der Waals surface area contributed by atoms with Crippen molar-refractivity contribution in [2.24, 2.45) is 5.73 Å². The van der Waals surface area contributed by atoms with Gasteiger partial charge in [0.05, 0.1) is 28.1 Å². The molecule has 0 saturated heterocycles. The maximum Gasteiger partial charge on any atom is 0.336 e. The van der Waals surface area contributed by atoms with Crippen molar-refractivity contribution in [3.8, 4) is 0 Å². The Morgan fingerprint density at radius 3 is 2.16 bits per heavy atom. The molecule has 0 aliphatic carbocycles. The summed E-state index contributed by atoms with van der Waals surface area (Å²) in [7, 11) is 0. The predicted octanol–water partition coefficient (Wildman–Crippen LogP) is 3.47. The number of carboxylic acids is 1. The molecule has 0 unspecified atom stereocenters. The van der Waals surface area contributed by atoms with E-state index in [0.29, 0.717) is 16.3 Å². The van der Waals surface area contributed by atoms with E-state index in [4.69, 9.17) is 5.73 Å². The van der Waals surface area contributed by atoms with Crippen LogP contribution in [-0.2, 0) is 4.79 Å². The fourth-order valence-corrected chi connectivity index (χ4v) is 3.63. The molecule has 162 valence electrons. The molecule has 0 aromatic heterocycles. The molecule has 5 N–H and O–H groups in total. The number of benzene rings is 3. The standard InChI is InChI=1S/C23H19N3O5S/c24-21(28)18-10-3-4-11-19(18)26-20(27)13-32-15-7-5-6-14(12-15)25-22(29)16-8-1-2-9-17(16)23(30)31/h1-12H,13H2,(H2,24,28)(H,25,29)(H,26,27)(H,30,31). The number of carboxylic acid groups (broad SMARTS) is 1. The summed E-state index contributed by atoms with van der Waals surface area (Å²) < 4.78 is 0. The molecule has 32 heavy (non-hydrogen) atoms. The van der Waals surface area contributed by atoms with Gasteiger partial charge < -0.3 is 21.5 Å². The zero-order valence-electron chi connectivity index (χ0n) is 16.7. The Morgan fingerprint density at radius 1 is 0.812 bits per heavy atom. The van der Waals surface area contributed by atoms with Gasteiger partial charge in [0, 0.05) is 10.6 Å². The van der Waals surface area contributed by atoms with E-state index in [-0.39, 0.29) is 28.4 Å². The molecule has 0 spiro atoms. The van der Waals surface area contributed by atoms with Crippen LogP contribution in [0.4, 0.5) is 11.4 Å². The fourth-order valence-electron chi connectivity index (χ4n) is 2.87. The normalized spacial score (nSPS) is 10.2. The Balaban J connectivity index is 1.63. The summed E-state index contributed by atoms with van der Waals surface area (Å²) in [6.45, 7) is 0. The Hall–Kier alpha value is -4.11. The van der Waals surface area contributed by atoms with Crippen molar-refractivity contribution in [1.82, 2.24) is 0 Å². The van der Waals surface area contributed by atoms with Gasteiger partial charge in [0.2, 0.25) is 5.91 Å². The number of amides is 3. The number of anilines is 2. The first kappa shape index (κ1) is 22.6. The highest BCUT2D eigenvalue weighted by Gasteiger charge is 2.16. The third-order valence-electron chi connectivity index (χ3n) is 4.33. The molecule has 0 atom stereocenters. The van der Waals surface area contributed by atoms with E-state index in [0.717, 1.165) is 0 Å². The van der Waals surface area contributed by atoms with Crippen LogP contribution >= 0.6 is 11.8 Å². The number of carbonyl (C=O) groups is 4. The lowest BCUT2D eigenvalue weighted by Crippen LogP contribution is -2.19. The van der Waals surface area contributed by atoms with E-state index in [1.54, 1.807) is 54.6 Å². The van der Waals surface area contributed by atoms with Gasteiger partial charge >= 0.3 is 5.97 Å². The van der Waals surface area contributed by atoms with Gasteiger partial charge in [-0.05, 0) is 42.5 Å². The molecule has 3 amide bonds. The minimum absolute atomic E-state index is 0.0468. The van der Waals surface area contributed by atoms with Gasteiger partial charge in [-0.15, -0.1) is 11.8 Å². The van der Waals surface area contributed by atoms with Crippen molar-refractivity contribution < 1.29 is 24.3 Å². The second-order valence-corrected chi connectivity index (χ2v) is 7.63. The third-order valence-corrected chi connectivity index (χ3v) is 5.32. The monoisotopic (exact) mass is 449 g/mol. The van der Waals surface area contributed by atoms with E-state index in [1.165, 1.54) is 30.0 Å². The minimum Gasteiger partial charge on any atom is -0.478 e.